The molecule has 1 fully saturated rings. The SMILES string of the molecule is O=C(C(Sc1nccn1-c1cccc(F)c1)c1ccccc1)N1CCOCC1. The van der Waals surface area contributed by atoms with Gasteiger partial charge in [0, 0.05) is 25.5 Å². The van der Waals surface area contributed by atoms with Crippen LogP contribution in [-0.4, -0.2) is 46.7 Å². The number of ether oxygens (including phenoxy) is 1. The van der Waals surface area contributed by atoms with Crippen molar-refractivity contribution in [3.8, 4) is 5.69 Å². The highest BCUT2D eigenvalue weighted by molar-refractivity contribution is 8.00. The van der Waals surface area contributed by atoms with Gasteiger partial charge in [-0.1, -0.05) is 48.2 Å². The van der Waals surface area contributed by atoms with Crippen LogP contribution in [0.5, 0.6) is 0 Å². The van der Waals surface area contributed by atoms with E-state index in [0.717, 1.165) is 5.56 Å². The maximum absolute atomic E-state index is 13.7. The van der Waals surface area contributed by atoms with E-state index >= 15 is 0 Å². The van der Waals surface area contributed by atoms with Gasteiger partial charge in [-0.05, 0) is 23.8 Å². The summed E-state index contributed by atoms with van der Waals surface area (Å²) < 4.78 is 20.9. The van der Waals surface area contributed by atoms with Gasteiger partial charge in [0.25, 0.3) is 0 Å². The maximum Gasteiger partial charge on any atom is 0.240 e. The molecule has 2 aromatic carbocycles. The molecule has 1 atom stereocenters. The van der Waals surface area contributed by atoms with Crippen molar-refractivity contribution in [2.45, 2.75) is 10.4 Å². The number of morpholine rings is 1. The third-order valence-electron chi connectivity index (χ3n) is 4.57. The smallest absolute Gasteiger partial charge is 0.240 e. The summed E-state index contributed by atoms with van der Waals surface area (Å²) in [6.45, 7) is 2.27. The van der Waals surface area contributed by atoms with Gasteiger partial charge >= 0.3 is 0 Å². The van der Waals surface area contributed by atoms with Gasteiger partial charge in [-0.3, -0.25) is 9.36 Å². The van der Waals surface area contributed by atoms with E-state index in [1.54, 1.807) is 23.0 Å². The van der Waals surface area contributed by atoms with Gasteiger partial charge in [0.15, 0.2) is 5.16 Å². The van der Waals surface area contributed by atoms with Crippen LogP contribution < -0.4 is 0 Å². The van der Waals surface area contributed by atoms with Crippen LogP contribution in [0.15, 0.2) is 72.1 Å². The highest BCUT2D eigenvalue weighted by atomic mass is 32.2. The first-order valence-electron chi connectivity index (χ1n) is 9.10. The minimum absolute atomic E-state index is 0.0355. The lowest BCUT2D eigenvalue weighted by molar-refractivity contribution is -0.134. The average molecular weight is 397 g/mol. The van der Waals surface area contributed by atoms with Gasteiger partial charge in [-0.15, -0.1) is 0 Å². The standard InChI is InChI=1S/C21H20FN3O2S/c22-17-7-4-8-18(15-17)25-10-9-23-21(25)28-19(16-5-2-1-3-6-16)20(26)24-11-13-27-14-12-24/h1-10,15,19H,11-14H2. The molecular weight excluding hydrogens is 377 g/mol. The van der Waals surface area contributed by atoms with Gasteiger partial charge in [-0.2, -0.15) is 0 Å². The van der Waals surface area contributed by atoms with Crippen molar-refractivity contribution in [3.63, 3.8) is 0 Å². The molecule has 1 aliphatic rings. The second-order valence-electron chi connectivity index (χ2n) is 6.41. The third kappa shape index (κ3) is 4.10. The molecule has 144 valence electrons. The normalized spacial score (nSPS) is 15.4. The van der Waals surface area contributed by atoms with Gasteiger partial charge in [0.1, 0.15) is 11.1 Å². The van der Waals surface area contributed by atoms with Crippen molar-refractivity contribution in [1.82, 2.24) is 14.5 Å². The zero-order valence-electron chi connectivity index (χ0n) is 15.2. The highest BCUT2D eigenvalue weighted by Crippen LogP contribution is 2.37. The van der Waals surface area contributed by atoms with E-state index in [2.05, 4.69) is 4.98 Å². The number of thioether (sulfide) groups is 1. The van der Waals surface area contributed by atoms with E-state index in [9.17, 15) is 9.18 Å². The fourth-order valence-electron chi connectivity index (χ4n) is 3.14. The first kappa shape index (κ1) is 18.7. The van der Waals surface area contributed by atoms with E-state index in [-0.39, 0.29) is 11.7 Å². The second-order valence-corrected chi connectivity index (χ2v) is 7.48. The number of halogens is 1. The van der Waals surface area contributed by atoms with Crippen molar-refractivity contribution in [2.24, 2.45) is 0 Å². The molecule has 28 heavy (non-hydrogen) atoms. The fraction of sp³-hybridized carbons (Fsp3) is 0.238. The molecule has 5 nitrogen and oxygen atoms in total. The quantitative estimate of drug-likeness (QED) is 0.616. The summed E-state index contributed by atoms with van der Waals surface area (Å²) in [5.74, 6) is -0.278. The molecule has 1 saturated heterocycles. The topological polar surface area (TPSA) is 47.4 Å². The number of carbonyl (C=O) groups is 1. The zero-order valence-corrected chi connectivity index (χ0v) is 16.0. The van der Waals surface area contributed by atoms with Crippen LogP contribution in [0.2, 0.25) is 0 Å². The van der Waals surface area contributed by atoms with Gasteiger partial charge < -0.3 is 9.64 Å². The Morgan fingerprint density at radius 3 is 2.64 bits per heavy atom. The molecule has 1 aliphatic heterocycles. The molecule has 0 saturated carbocycles. The van der Waals surface area contributed by atoms with E-state index in [4.69, 9.17) is 4.74 Å². The molecule has 1 aromatic heterocycles. The summed E-state index contributed by atoms with van der Waals surface area (Å²) in [5.41, 5.74) is 1.59. The molecule has 1 unspecified atom stereocenters. The van der Waals surface area contributed by atoms with E-state index in [0.29, 0.717) is 37.1 Å². The largest absolute Gasteiger partial charge is 0.378 e. The molecule has 0 radical (unpaired) electrons. The second kappa shape index (κ2) is 8.58. The van der Waals surface area contributed by atoms with Crippen molar-refractivity contribution in [2.75, 3.05) is 26.3 Å². The van der Waals surface area contributed by atoms with Gasteiger partial charge in [0.05, 0.1) is 18.9 Å². The Kier molecular flexibility index (Phi) is 5.73. The molecular formula is C21H20FN3O2S. The Hall–Kier alpha value is -2.64. The lowest BCUT2D eigenvalue weighted by Gasteiger charge is -2.30. The molecule has 0 aliphatic carbocycles. The van der Waals surface area contributed by atoms with Crippen molar-refractivity contribution in [1.29, 1.82) is 0 Å². The predicted octanol–water partition coefficient (Wildman–Crippen LogP) is 3.70. The summed E-state index contributed by atoms with van der Waals surface area (Å²) in [6.07, 6.45) is 3.44. The molecule has 1 amide bonds. The van der Waals surface area contributed by atoms with E-state index in [1.807, 2.05) is 41.3 Å². The van der Waals surface area contributed by atoms with Crippen LogP contribution in [-0.2, 0) is 9.53 Å². The molecule has 0 N–H and O–H groups in total. The van der Waals surface area contributed by atoms with E-state index in [1.165, 1.54) is 23.9 Å². The van der Waals surface area contributed by atoms with E-state index < -0.39 is 5.25 Å². The Morgan fingerprint density at radius 1 is 1.11 bits per heavy atom. The Balaban J connectivity index is 1.65. The maximum atomic E-state index is 13.7. The van der Waals surface area contributed by atoms with Gasteiger partial charge in [-0.25, -0.2) is 9.37 Å². The summed E-state index contributed by atoms with van der Waals surface area (Å²) in [5, 5.41) is 0.204. The number of hydrogen-bond acceptors (Lipinski definition) is 4. The average Bonchev–Trinajstić information content (AvgIpc) is 3.21. The fourth-order valence-corrected chi connectivity index (χ4v) is 4.30. The monoisotopic (exact) mass is 397 g/mol. The van der Waals surface area contributed by atoms with Crippen molar-refractivity contribution >= 4 is 17.7 Å². The number of amides is 1. The molecule has 0 bridgehead atoms. The lowest BCUT2D eigenvalue weighted by Crippen LogP contribution is -2.42. The number of carbonyl (C=O) groups excluding carboxylic acids is 1. The number of rotatable bonds is 5. The number of aromatic nitrogens is 2. The van der Waals surface area contributed by atoms with Crippen LogP contribution in [0.4, 0.5) is 4.39 Å². The summed E-state index contributed by atoms with van der Waals surface area (Å²) in [4.78, 5) is 19.5. The lowest BCUT2D eigenvalue weighted by atomic mass is 10.1. The Bertz CT molecular complexity index is 942. The number of benzene rings is 2. The molecule has 7 heteroatoms. The minimum Gasteiger partial charge on any atom is -0.378 e. The number of imidazole rings is 1. The van der Waals surface area contributed by atoms with Crippen molar-refractivity contribution in [3.05, 3.63) is 78.4 Å². The summed E-state index contributed by atoms with van der Waals surface area (Å²) >= 11 is 1.37. The van der Waals surface area contributed by atoms with Crippen LogP contribution >= 0.6 is 11.8 Å². The Morgan fingerprint density at radius 2 is 1.89 bits per heavy atom. The third-order valence-corrected chi connectivity index (χ3v) is 5.79. The zero-order chi connectivity index (χ0) is 19.3. The number of hydrogen-bond donors (Lipinski definition) is 0. The van der Waals surface area contributed by atoms with Gasteiger partial charge in [0.2, 0.25) is 5.91 Å². The first-order chi connectivity index (χ1) is 13.7. The van der Waals surface area contributed by atoms with Crippen molar-refractivity contribution < 1.29 is 13.9 Å². The first-order valence-corrected chi connectivity index (χ1v) is 9.98. The highest BCUT2D eigenvalue weighted by Gasteiger charge is 2.29. The number of nitrogens with zero attached hydrogens (tertiary/aromatic N) is 3. The minimum atomic E-state index is -0.436. The van der Waals surface area contributed by atoms with Crippen LogP contribution in [0, 0.1) is 5.82 Å². The van der Waals surface area contributed by atoms with Crippen LogP contribution in [0.1, 0.15) is 10.8 Å². The summed E-state index contributed by atoms with van der Waals surface area (Å²) in [7, 11) is 0. The summed E-state index contributed by atoms with van der Waals surface area (Å²) in [6, 6.07) is 16.0. The van der Waals surface area contributed by atoms with Crippen LogP contribution in [0.3, 0.4) is 0 Å². The molecule has 0 spiro atoms. The molecule has 4 rings (SSSR count). The molecule has 2 heterocycles. The molecule has 3 aromatic rings. The van der Waals surface area contributed by atoms with Crippen LogP contribution in [0.25, 0.3) is 5.69 Å². The Labute approximate surface area is 167 Å². The predicted molar refractivity (Wildman–Crippen MR) is 106 cm³/mol.